The summed E-state index contributed by atoms with van der Waals surface area (Å²) in [5, 5.41) is 10.9. The number of nitrogens with two attached hydrogens (primary N) is 1. The van der Waals surface area contributed by atoms with Gasteiger partial charge in [0.1, 0.15) is 10.6 Å². The van der Waals surface area contributed by atoms with Crippen molar-refractivity contribution in [2.24, 2.45) is 5.73 Å². The first-order valence-electron chi connectivity index (χ1n) is 7.96. The standard InChI is InChI=1S/C17H21N3O5S.ClH/c1-25-16-13-15(20(21)22)7-8-17(16)26(23,24)19(12-10-18)11-9-14-5-3-2-4-6-14;/h2-8,13H,9-12,18H2,1H3;1H. The molecule has 0 fully saturated rings. The minimum absolute atomic E-state index is 0. The second kappa shape index (κ2) is 10.2. The van der Waals surface area contributed by atoms with Crippen LogP contribution in [-0.2, 0) is 16.4 Å². The van der Waals surface area contributed by atoms with E-state index in [2.05, 4.69) is 0 Å². The third kappa shape index (κ3) is 5.64. The molecule has 2 rings (SSSR count). The molecule has 0 amide bonds. The first kappa shape index (κ1) is 22.8. The average molecular weight is 416 g/mol. The number of non-ortho nitro benzene ring substituents is 1. The summed E-state index contributed by atoms with van der Waals surface area (Å²) < 4.78 is 32.4. The lowest BCUT2D eigenvalue weighted by Gasteiger charge is -2.22. The lowest BCUT2D eigenvalue weighted by Crippen LogP contribution is -2.37. The fraction of sp³-hybridized carbons (Fsp3) is 0.294. The van der Waals surface area contributed by atoms with Crippen molar-refractivity contribution in [2.75, 3.05) is 26.7 Å². The number of halogens is 1. The Bertz CT molecular complexity index is 862. The first-order chi connectivity index (χ1) is 12.4. The van der Waals surface area contributed by atoms with Gasteiger partial charge in [0.05, 0.1) is 18.1 Å². The highest BCUT2D eigenvalue weighted by Gasteiger charge is 2.28. The second-order valence-corrected chi connectivity index (χ2v) is 7.43. The van der Waals surface area contributed by atoms with E-state index in [1.807, 2.05) is 30.3 Å². The van der Waals surface area contributed by atoms with Crippen LogP contribution in [0.15, 0.2) is 53.4 Å². The van der Waals surface area contributed by atoms with Crippen LogP contribution in [0.2, 0.25) is 0 Å². The van der Waals surface area contributed by atoms with Gasteiger partial charge in [0.25, 0.3) is 5.69 Å². The van der Waals surface area contributed by atoms with Gasteiger partial charge < -0.3 is 10.5 Å². The number of nitro groups is 1. The molecule has 2 N–H and O–H groups in total. The summed E-state index contributed by atoms with van der Waals surface area (Å²) in [6.45, 7) is 0.530. The summed E-state index contributed by atoms with van der Waals surface area (Å²) in [4.78, 5) is 10.2. The molecule has 27 heavy (non-hydrogen) atoms. The molecule has 0 unspecified atom stereocenters. The monoisotopic (exact) mass is 415 g/mol. The Morgan fingerprint density at radius 2 is 1.81 bits per heavy atom. The van der Waals surface area contributed by atoms with Crippen molar-refractivity contribution in [3.8, 4) is 5.75 Å². The van der Waals surface area contributed by atoms with Crippen molar-refractivity contribution in [1.29, 1.82) is 0 Å². The van der Waals surface area contributed by atoms with Crippen LogP contribution in [0, 0.1) is 10.1 Å². The van der Waals surface area contributed by atoms with Gasteiger partial charge in [-0.1, -0.05) is 30.3 Å². The molecular weight excluding hydrogens is 394 g/mol. The molecule has 0 spiro atoms. The lowest BCUT2D eigenvalue weighted by molar-refractivity contribution is -0.385. The Kier molecular flexibility index (Phi) is 8.64. The zero-order chi connectivity index (χ0) is 19.2. The molecule has 0 bridgehead atoms. The van der Waals surface area contributed by atoms with E-state index in [1.165, 1.54) is 17.5 Å². The minimum atomic E-state index is -3.91. The number of ether oxygens (including phenoxy) is 1. The topological polar surface area (TPSA) is 116 Å². The largest absolute Gasteiger partial charge is 0.495 e. The molecule has 8 nitrogen and oxygen atoms in total. The molecule has 2 aromatic rings. The highest BCUT2D eigenvalue weighted by atomic mass is 35.5. The van der Waals surface area contributed by atoms with Crippen LogP contribution in [-0.4, -0.2) is 44.4 Å². The summed E-state index contributed by atoms with van der Waals surface area (Å²) in [7, 11) is -2.64. The summed E-state index contributed by atoms with van der Waals surface area (Å²) in [5.41, 5.74) is 6.34. The maximum Gasteiger partial charge on any atom is 0.273 e. The van der Waals surface area contributed by atoms with E-state index >= 15 is 0 Å². The quantitative estimate of drug-likeness (QED) is 0.495. The van der Waals surface area contributed by atoms with Gasteiger partial charge in [-0.3, -0.25) is 10.1 Å². The van der Waals surface area contributed by atoms with Crippen LogP contribution >= 0.6 is 12.4 Å². The number of hydrogen-bond donors (Lipinski definition) is 1. The summed E-state index contributed by atoms with van der Waals surface area (Å²) in [6, 6.07) is 12.9. The third-order valence-corrected chi connectivity index (χ3v) is 5.79. The summed E-state index contributed by atoms with van der Waals surface area (Å²) in [5.74, 6) is -0.0686. The highest BCUT2D eigenvalue weighted by molar-refractivity contribution is 7.89. The average Bonchev–Trinajstić information content (AvgIpc) is 2.65. The van der Waals surface area contributed by atoms with Gasteiger partial charge in [-0.15, -0.1) is 12.4 Å². The van der Waals surface area contributed by atoms with Gasteiger partial charge in [0, 0.05) is 25.7 Å². The number of nitrogens with zero attached hydrogens (tertiary/aromatic N) is 2. The Hall–Kier alpha value is -2.20. The van der Waals surface area contributed by atoms with Gasteiger partial charge in [0.2, 0.25) is 10.0 Å². The third-order valence-electron chi connectivity index (χ3n) is 3.85. The molecule has 2 aromatic carbocycles. The van der Waals surface area contributed by atoms with E-state index in [0.717, 1.165) is 17.7 Å². The van der Waals surface area contributed by atoms with Crippen molar-refractivity contribution >= 4 is 28.1 Å². The van der Waals surface area contributed by atoms with Crippen molar-refractivity contribution < 1.29 is 18.1 Å². The van der Waals surface area contributed by atoms with Gasteiger partial charge in [0.15, 0.2) is 0 Å². The first-order valence-corrected chi connectivity index (χ1v) is 9.40. The second-order valence-electron chi connectivity index (χ2n) is 5.52. The van der Waals surface area contributed by atoms with Crippen LogP contribution in [0.1, 0.15) is 5.56 Å². The van der Waals surface area contributed by atoms with Crippen molar-refractivity contribution in [2.45, 2.75) is 11.3 Å². The Morgan fingerprint density at radius 3 is 2.37 bits per heavy atom. The fourth-order valence-corrected chi connectivity index (χ4v) is 4.11. The number of sulfonamides is 1. The molecule has 0 radical (unpaired) electrons. The van der Waals surface area contributed by atoms with E-state index < -0.39 is 14.9 Å². The minimum Gasteiger partial charge on any atom is -0.495 e. The Labute approximate surface area is 164 Å². The zero-order valence-electron chi connectivity index (χ0n) is 14.8. The molecule has 0 saturated carbocycles. The number of hydrogen-bond acceptors (Lipinski definition) is 6. The normalized spacial score (nSPS) is 11.1. The van der Waals surface area contributed by atoms with Gasteiger partial charge in [-0.2, -0.15) is 4.31 Å². The molecule has 0 saturated heterocycles. The van der Waals surface area contributed by atoms with E-state index in [1.54, 1.807) is 0 Å². The molecule has 0 heterocycles. The van der Waals surface area contributed by atoms with E-state index in [-0.39, 0.29) is 48.4 Å². The van der Waals surface area contributed by atoms with Gasteiger partial charge in [-0.25, -0.2) is 8.42 Å². The number of nitro benzene ring substituents is 1. The van der Waals surface area contributed by atoms with Crippen molar-refractivity contribution in [3.05, 3.63) is 64.2 Å². The molecule has 0 aliphatic heterocycles. The lowest BCUT2D eigenvalue weighted by atomic mass is 10.1. The Morgan fingerprint density at radius 1 is 1.15 bits per heavy atom. The Balaban J connectivity index is 0.00000364. The molecule has 0 aliphatic carbocycles. The predicted molar refractivity (Wildman–Crippen MR) is 105 cm³/mol. The van der Waals surface area contributed by atoms with Gasteiger partial charge in [-0.05, 0) is 18.1 Å². The molecule has 10 heteroatoms. The molecule has 0 aromatic heterocycles. The van der Waals surface area contributed by atoms with E-state index in [9.17, 15) is 18.5 Å². The molecule has 148 valence electrons. The number of methoxy groups -OCH3 is 1. The van der Waals surface area contributed by atoms with E-state index in [0.29, 0.717) is 6.42 Å². The number of rotatable bonds is 9. The predicted octanol–water partition coefficient (Wildman–Crippen LogP) is 2.22. The maximum atomic E-state index is 13.0. The van der Waals surface area contributed by atoms with E-state index in [4.69, 9.17) is 10.5 Å². The fourth-order valence-electron chi connectivity index (χ4n) is 2.52. The number of benzene rings is 2. The molecular formula is C17H22ClN3O5S. The van der Waals surface area contributed by atoms with Crippen LogP contribution < -0.4 is 10.5 Å². The zero-order valence-corrected chi connectivity index (χ0v) is 16.4. The summed E-state index contributed by atoms with van der Waals surface area (Å²) >= 11 is 0. The smallest absolute Gasteiger partial charge is 0.273 e. The summed E-state index contributed by atoms with van der Waals surface area (Å²) in [6.07, 6.45) is 0.523. The molecule has 0 atom stereocenters. The van der Waals surface area contributed by atoms with Crippen molar-refractivity contribution in [1.82, 2.24) is 4.31 Å². The highest BCUT2D eigenvalue weighted by Crippen LogP contribution is 2.30. The van der Waals surface area contributed by atoms with Crippen molar-refractivity contribution in [3.63, 3.8) is 0 Å². The van der Waals surface area contributed by atoms with Crippen LogP contribution in [0.25, 0.3) is 0 Å². The van der Waals surface area contributed by atoms with Crippen LogP contribution in [0.3, 0.4) is 0 Å². The van der Waals surface area contributed by atoms with Crippen LogP contribution in [0.5, 0.6) is 5.75 Å². The maximum absolute atomic E-state index is 13.0. The molecule has 0 aliphatic rings. The SMILES string of the molecule is COc1cc([N+](=O)[O-])ccc1S(=O)(=O)N(CCN)CCc1ccccc1.Cl. The van der Waals surface area contributed by atoms with Crippen LogP contribution in [0.4, 0.5) is 5.69 Å². The van der Waals surface area contributed by atoms with Gasteiger partial charge >= 0.3 is 0 Å².